The zero-order valence-corrected chi connectivity index (χ0v) is 14.5. The Hall–Kier alpha value is -3.40. The second kappa shape index (κ2) is 8.62. The summed E-state index contributed by atoms with van der Waals surface area (Å²) < 4.78 is 5.27. The monoisotopic (exact) mass is 344 g/mol. The van der Waals surface area contributed by atoms with E-state index < -0.39 is 0 Å². The van der Waals surface area contributed by atoms with E-state index in [-0.39, 0.29) is 11.9 Å². The third kappa shape index (κ3) is 4.57. The molecular weight excluding hydrogens is 324 g/mol. The predicted molar refractivity (Wildman–Crippen MR) is 103 cm³/mol. The maximum absolute atomic E-state index is 12.3. The van der Waals surface area contributed by atoms with E-state index in [4.69, 9.17) is 4.42 Å². The number of carbonyl (C=O) groups is 1. The number of nitrogens with zero attached hydrogens (tertiary/aromatic N) is 2. The molecule has 0 fully saturated rings. The molecule has 0 saturated heterocycles. The van der Waals surface area contributed by atoms with Gasteiger partial charge in [0.1, 0.15) is 5.76 Å². The van der Waals surface area contributed by atoms with Crippen LogP contribution >= 0.6 is 0 Å². The molecule has 26 heavy (non-hydrogen) atoms. The third-order valence-electron chi connectivity index (χ3n) is 3.85. The summed E-state index contributed by atoms with van der Waals surface area (Å²) in [5, 5.41) is 5.82. The average Bonchev–Trinajstić information content (AvgIpc) is 3.19. The molecule has 2 aromatic carbocycles. The Bertz CT molecular complexity index is 869. The standard InChI is InChI=1S/C22H20N2O2/c1-18(25)24(23-17-21-13-8-16-26-21)22(20-11-6-3-7-12-20)15-14-19-9-4-2-5-10-19/h2-17,22H,1H3/b15-14+,23-17+/t22-/m0/s1. The summed E-state index contributed by atoms with van der Waals surface area (Å²) in [7, 11) is 0. The molecule has 4 heteroatoms. The first kappa shape index (κ1) is 17.4. The number of furan rings is 1. The van der Waals surface area contributed by atoms with E-state index in [2.05, 4.69) is 5.10 Å². The molecule has 1 aromatic heterocycles. The Morgan fingerprint density at radius 2 is 1.69 bits per heavy atom. The van der Waals surface area contributed by atoms with E-state index in [1.165, 1.54) is 11.9 Å². The van der Waals surface area contributed by atoms with Crippen LogP contribution in [0.15, 0.2) is 94.7 Å². The molecule has 130 valence electrons. The number of benzene rings is 2. The normalized spacial score (nSPS) is 12.5. The molecule has 0 spiro atoms. The number of hydrogen-bond acceptors (Lipinski definition) is 3. The van der Waals surface area contributed by atoms with Gasteiger partial charge < -0.3 is 4.42 Å². The van der Waals surface area contributed by atoms with Gasteiger partial charge in [-0.15, -0.1) is 0 Å². The SMILES string of the molecule is CC(=O)N(/N=C/c1ccco1)[C@@H](/C=C/c1ccccc1)c1ccccc1. The number of hydrazone groups is 1. The Balaban J connectivity index is 1.94. The third-order valence-corrected chi connectivity index (χ3v) is 3.85. The van der Waals surface area contributed by atoms with Crippen molar-refractivity contribution in [1.29, 1.82) is 0 Å². The van der Waals surface area contributed by atoms with Gasteiger partial charge in [0.05, 0.1) is 18.5 Å². The lowest BCUT2D eigenvalue weighted by molar-refractivity contribution is -0.130. The van der Waals surface area contributed by atoms with Crippen molar-refractivity contribution in [3.63, 3.8) is 0 Å². The first-order valence-electron chi connectivity index (χ1n) is 8.39. The van der Waals surface area contributed by atoms with Crippen LogP contribution in [0.4, 0.5) is 0 Å². The predicted octanol–water partition coefficient (Wildman–Crippen LogP) is 4.92. The summed E-state index contributed by atoms with van der Waals surface area (Å²) in [6, 6.07) is 23.0. The molecule has 0 radical (unpaired) electrons. The average molecular weight is 344 g/mol. The fourth-order valence-corrected chi connectivity index (χ4v) is 2.58. The highest BCUT2D eigenvalue weighted by Crippen LogP contribution is 2.24. The molecule has 0 unspecified atom stereocenters. The van der Waals surface area contributed by atoms with E-state index >= 15 is 0 Å². The number of carbonyl (C=O) groups excluding carboxylic acids is 1. The lowest BCUT2D eigenvalue weighted by Gasteiger charge is -2.24. The van der Waals surface area contributed by atoms with Gasteiger partial charge in [-0.2, -0.15) is 5.10 Å². The molecule has 0 aliphatic carbocycles. The van der Waals surface area contributed by atoms with Gasteiger partial charge in [0, 0.05) is 6.92 Å². The van der Waals surface area contributed by atoms with Crippen LogP contribution in [0.3, 0.4) is 0 Å². The maximum atomic E-state index is 12.3. The van der Waals surface area contributed by atoms with Crippen LogP contribution in [0.1, 0.15) is 29.9 Å². The Kier molecular flexibility index (Phi) is 5.78. The Morgan fingerprint density at radius 3 is 2.31 bits per heavy atom. The first-order chi connectivity index (χ1) is 12.7. The minimum Gasteiger partial charge on any atom is -0.463 e. The quantitative estimate of drug-likeness (QED) is 0.471. The van der Waals surface area contributed by atoms with Crippen LogP contribution in [0.2, 0.25) is 0 Å². The fourth-order valence-electron chi connectivity index (χ4n) is 2.58. The van der Waals surface area contributed by atoms with E-state index in [1.54, 1.807) is 24.6 Å². The Morgan fingerprint density at radius 1 is 1.00 bits per heavy atom. The number of amides is 1. The van der Waals surface area contributed by atoms with Crippen molar-refractivity contribution in [2.45, 2.75) is 13.0 Å². The smallest absolute Gasteiger partial charge is 0.240 e. The molecule has 3 aromatic rings. The van der Waals surface area contributed by atoms with Gasteiger partial charge in [-0.1, -0.05) is 72.8 Å². The van der Waals surface area contributed by atoms with Crippen molar-refractivity contribution in [3.05, 3.63) is 102 Å². The molecule has 1 amide bonds. The summed E-state index contributed by atoms with van der Waals surface area (Å²) in [5.74, 6) is 0.439. The van der Waals surface area contributed by atoms with Crippen LogP contribution < -0.4 is 0 Å². The molecule has 1 atom stereocenters. The highest BCUT2D eigenvalue weighted by Gasteiger charge is 2.20. The summed E-state index contributed by atoms with van der Waals surface area (Å²) in [6.07, 6.45) is 7.10. The molecule has 1 heterocycles. The second-order valence-electron chi connectivity index (χ2n) is 5.75. The van der Waals surface area contributed by atoms with Crippen molar-refractivity contribution in [2.75, 3.05) is 0 Å². The zero-order valence-electron chi connectivity index (χ0n) is 14.5. The van der Waals surface area contributed by atoms with Crippen molar-refractivity contribution in [3.8, 4) is 0 Å². The lowest BCUT2D eigenvalue weighted by Crippen LogP contribution is -2.27. The zero-order chi connectivity index (χ0) is 18.2. The molecule has 0 aliphatic rings. The highest BCUT2D eigenvalue weighted by atomic mass is 16.3. The van der Waals surface area contributed by atoms with Gasteiger partial charge in [0.2, 0.25) is 5.91 Å². The molecule has 0 N–H and O–H groups in total. The topological polar surface area (TPSA) is 45.8 Å². The van der Waals surface area contributed by atoms with Crippen LogP contribution in [-0.4, -0.2) is 17.1 Å². The van der Waals surface area contributed by atoms with Crippen molar-refractivity contribution in [2.24, 2.45) is 5.10 Å². The first-order valence-corrected chi connectivity index (χ1v) is 8.39. The molecule has 0 aliphatic heterocycles. The van der Waals surface area contributed by atoms with Gasteiger partial charge >= 0.3 is 0 Å². The van der Waals surface area contributed by atoms with Crippen LogP contribution in [0.25, 0.3) is 6.08 Å². The largest absolute Gasteiger partial charge is 0.463 e. The summed E-state index contributed by atoms with van der Waals surface area (Å²) >= 11 is 0. The van der Waals surface area contributed by atoms with Crippen molar-refractivity contribution in [1.82, 2.24) is 5.01 Å². The highest BCUT2D eigenvalue weighted by molar-refractivity contribution is 5.79. The van der Waals surface area contributed by atoms with Crippen molar-refractivity contribution < 1.29 is 9.21 Å². The van der Waals surface area contributed by atoms with Gasteiger partial charge in [-0.25, -0.2) is 5.01 Å². The molecule has 0 saturated carbocycles. The van der Waals surface area contributed by atoms with Crippen LogP contribution in [0, 0.1) is 0 Å². The molecule has 3 rings (SSSR count). The van der Waals surface area contributed by atoms with Gasteiger partial charge in [-0.05, 0) is 23.3 Å². The van der Waals surface area contributed by atoms with E-state index in [9.17, 15) is 4.79 Å². The summed E-state index contributed by atoms with van der Waals surface area (Å²) in [4.78, 5) is 12.3. The van der Waals surface area contributed by atoms with Gasteiger partial charge in [-0.3, -0.25) is 4.79 Å². The number of rotatable bonds is 6. The van der Waals surface area contributed by atoms with E-state index in [0.717, 1.165) is 11.1 Å². The molecular formula is C22H20N2O2. The van der Waals surface area contributed by atoms with Crippen LogP contribution in [-0.2, 0) is 4.79 Å². The summed E-state index contributed by atoms with van der Waals surface area (Å²) in [6.45, 7) is 1.51. The van der Waals surface area contributed by atoms with Crippen molar-refractivity contribution >= 4 is 18.2 Å². The van der Waals surface area contributed by atoms with E-state index in [1.807, 2.05) is 72.8 Å². The fraction of sp³-hybridized carbons (Fsp3) is 0.0909. The Labute approximate surface area is 153 Å². The maximum Gasteiger partial charge on any atom is 0.240 e. The number of hydrogen-bond donors (Lipinski definition) is 0. The molecule has 4 nitrogen and oxygen atoms in total. The van der Waals surface area contributed by atoms with Gasteiger partial charge in [0.25, 0.3) is 0 Å². The molecule has 0 bridgehead atoms. The minimum absolute atomic E-state index is 0.153. The van der Waals surface area contributed by atoms with Gasteiger partial charge in [0.15, 0.2) is 0 Å². The van der Waals surface area contributed by atoms with E-state index in [0.29, 0.717) is 5.76 Å². The van der Waals surface area contributed by atoms with Crippen LogP contribution in [0.5, 0.6) is 0 Å². The second-order valence-corrected chi connectivity index (χ2v) is 5.75. The summed E-state index contributed by atoms with van der Waals surface area (Å²) in [5.41, 5.74) is 2.04. The minimum atomic E-state index is -0.319. The lowest BCUT2D eigenvalue weighted by atomic mass is 10.0.